The van der Waals surface area contributed by atoms with E-state index in [1.54, 1.807) is 115 Å². The number of benzene rings is 7. The van der Waals surface area contributed by atoms with E-state index in [2.05, 4.69) is 31.9 Å². The summed E-state index contributed by atoms with van der Waals surface area (Å²) in [6.07, 6.45) is 0. The molecular weight excluding hydrogens is 1190 g/mol. The molecule has 6 N–H and O–H groups in total. The van der Waals surface area contributed by atoms with E-state index in [0.717, 1.165) is 50.1 Å². The maximum absolute atomic E-state index is 13.3. The van der Waals surface area contributed by atoms with Gasteiger partial charge in [-0.2, -0.15) is 0 Å². The van der Waals surface area contributed by atoms with E-state index in [4.69, 9.17) is 9.47 Å². The van der Waals surface area contributed by atoms with E-state index < -0.39 is 21.8 Å². The molecule has 0 aliphatic carbocycles. The van der Waals surface area contributed by atoms with Gasteiger partial charge in [0.2, 0.25) is 0 Å². The third-order valence-corrected chi connectivity index (χ3v) is 18.0. The van der Waals surface area contributed by atoms with Crippen LogP contribution in [0.4, 0.5) is 0 Å². The molecule has 7 aromatic rings. The summed E-state index contributed by atoms with van der Waals surface area (Å²) >= 11 is 2.55. The predicted octanol–water partition coefficient (Wildman–Crippen LogP) is 8.58. The molecule has 0 spiro atoms. The van der Waals surface area contributed by atoms with Gasteiger partial charge in [-0.3, -0.25) is 38.4 Å². The number of sulfone groups is 1. The van der Waals surface area contributed by atoms with Gasteiger partial charge in [-0.25, -0.2) is 8.42 Å². The number of hydrogen-bond donors (Lipinski definition) is 6. The first-order valence-electron chi connectivity index (χ1n) is 28.5. The number of ether oxygens (including phenoxy) is 2. The summed E-state index contributed by atoms with van der Waals surface area (Å²) < 4.78 is 35.7. The molecule has 21 heteroatoms. The summed E-state index contributed by atoms with van der Waals surface area (Å²) in [4.78, 5) is 103. The second kappa shape index (κ2) is 29.6. The van der Waals surface area contributed by atoms with Crippen molar-refractivity contribution in [3.63, 3.8) is 0 Å². The highest BCUT2D eigenvalue weighted by Gasteiger charge is 2.28. The predicted molar refractivity (Wildman–Crippen MR) is 342 cm³/mol. The molecule has 7 aromatic carbocycles. The molecule has 0 atom stereocenters. The number of carbonyl (C=O) groups excluding carboxylic acids is 8. The SMILES string of the molecule is CC(C)(C)c1cc2cc(c1)C(=O)NCc1ccc(cc1)OC(=O)CSCC1=C(CSCC(=O)Oc3ccc(cc3)CNC2=O)CS(=O)(=O)C1.O=C1NCc2ccc(cc2)CNC(=O)c2cccc(c2)C(=O)NCc2ccc(cc2)CNC(=O)c2cccc1c2. The summed E-state index contributed by atoms with van der Waals surface area (Å²) in [6, 6.07) is 46.9. The Morgan fingerprint density at radius 2 is 0.607 bits per heavy atom. The Hall–Kier alpha value is -9.31. The second-order valence-electron chi connectivity index (χ2n) is 22.4. The average molecular weight is 1260 g/mol. The summed E-state index contributed by atoms with van der Waals surface area (Å²) in [5, 5.41) is 17.3. The largest absolute Gasteiger partial charge is 0.426 e. The molecule has 9 aliphatic rings. The van der Waals surface area contributed by atoms with Crippen LogP contribution in [0.25, 0.3) is 0 Å². The first-order valence-corrected chi connectivity index (χ1v) is 32.7. The molecule has 89 heavy (non-hydrogen) atoms. The highest BCUT2D eigenvalue weighted by molar-refractivity contribution is 8.00. The smallest absolute Gasteiger partial charge is 0.321 e. The number of esters is 2. The number of nitrogens with one attached hydrogen (secondary N) is 6. The topological polar surface area (TPSA) is 261 Å². The van der Waals surface area contributed by atoms with Crippen molar-refractivity contribution in [3.8, 4) is 11.5 Å². The zero-order chi connectivity index (χ0) is 63.1. The molecule has 18 nitrogen and oxygen atoms in total. The lowest BCUT2D eigenvalue weighted by molar-refractivity contribution is -0.132. The first kappa shape index (κ1) is 64.2. The normalized spacial score (nSPS) is 16.7. The van der Waals surface area contributed by atoms with Crippen molar-refractivity contribution in [2.24, 2.45) is 0 Å². The van der Waals surface area contributed by atoms with Crippen molar-refractivity contribution in [1.29, 1.82) is 0 Å². The molecule has 0 unspecified atom stereocenters. The van der Waals surface area contributed by atoms with Gasteiger partial charge in [-0.15, -0.1) is 23.5 Å². The molecule has 14 bridgehead atoms. The molecule has 0 aromatic heterocycles. The lowest BCUT2D eigenvalue weighted by Crippen LogP contribution is -2.27. The fraction of sp³-hybridized carbons (Fsp3) is 0.235. The quantitative estimate of drug-likeness (QED) is 0.0472. The summed E-state index contributed by atoms with van der Waals surface area (Å²) in [7, 11) is -3.28. The number of carbonyl (C=O) groups is 8. The van der Waals surface area contributed by atoms with Crippen molar-refractivity contribution in [3.05, 3.63) is 247 Å². The van der Waals surface area contributed by atoms with E-state index in [1.165, 1.54) is 23.5 Å². The van der Waals surface area contributed by atoms with Crippen molar-refractivity contribution in [2.45, 2.75) is 65.5 Å². The molecule has 458 valence electrons. The zero-order valence-electron chi connectivity index (χ0n) is 49.2. The Morgan fingerprint density at radius 3 is 0.888 bits per heavy atom. The average Bonchev–Trinajstić information content (AvgIpc) is 3.12. The maximum Gasteiger partial charge on any atom is 0.321 e. The second-order valence-corrected chi connectivity index (χ2v) is 26.4. The van der Waals surface area contributed by atoms with Gasteiger partial charge in [-0.05, 0) is 134 Å². The van der Waals surface area contributed by atoms with E-state index in [-0.39, 0.29) is 77.0 Å². The van der Waals surface area contributed by atoms with Crippen LogP contribution in [0.5, 0.6) is 11.5 Å². The molecule has 9 heterocycles. The minimum atomic E-state index is -3.28. The van der Waals surface area contributed by atoms with Gasteiger partial charge in [0.1, 0.15) is 11.5 Å². The zero-order valence-corrected chi connectivity index (χ0v) is 51.6. The number of thioether (sulfide) groups is 2. The Morgan fingerprint density at radius 1 is 0.348 bits per heavy atom. The van der Waals surface area contributed by atoms with Crippen LogP contribution < -0.4 is 41.4 Å². The summed E-state index contributed by atoms with van der Waals surface area (Å²) in [5.41, 5.74) is 9.43. The Bertz CT molecular complexity index is 3610. The van der Waals surface area contributed by atoms with Crippen molar-refractivity contribution in [1.82, 2.24) is 31.9 Å². The Labute approximate surface area is 524 Å². The Kier molecular flexibility index (Phi) is 21.3. The molecule has 0 fully saturated rings. The van der Waals surface area contributed by atoms with E-state index in [1.807, 2.05) is 69.3 Å². The van der Waals surface area contributed by atoms with E-state index >= 15 is 0 Å². The van der Waals surface area contributed by atoms with Crippen molar-refractivity contribution < 1.29 is 56.2 Å². The standard InChI is InChI=1S/C36H38N2O8S3.C32H28N4O4/c1-36(2,3)29-13-25-12-26(14-29)35(42)38-16-24-6-10-31(11-7-24)46-33(40)20-48-18-28-22-49(43,44)21-27(28)17-47-19-32(39)45-30-8-4-23(5-9-30)15-37-34(25)41;37-29-25-3-1-4-26(15-25)30(38)34-18-22-9-13-24(14-10-22)20-36-32(40)28-6-2-5-27(16-28)31(39)35-19-23-11-7-21(8-12-23)17-33-29/h4-14H,15-22H2,1-3H3,(H,37,41)(H,38,42);1-16H,17-20H2,(H,33,37)(H,34,38)(H,35,39)(H,36,40). The molecule has 0 radical (unpaired) electrons. The van der Waals surface area contributed by atoms with Gasteiger partial charge >= 0.3 is 11.9 Å². The van der Waals surface area contributed by atoms with Gasteiger partial charge in [0.15, 0.2) is 9.84 Å². The van der Waals surface area contributed by atoms with Gasteiger partial charge in [0.25, 0.3) is 35.4 Å². The molecule has 16 rings (SSSR count). The highest BCUT2D eigenvalue weighted by atomic mass is 32.2. The van der Waals surface area contributed by atoms with Crippen LogP contribution in [0.1, 0.15) is 122 Å². The lowest BCUT2D eigenvalue weighted by Gasteiger charge is -2.21. The first-order chi connectivity index (χ1) is 42.7. The highest BCUT2D eigenvalue weighted by Crippen LogP contribution is 2.28. The fourth-order valence-corrected chi connectivity index (χ4v) is 13.2. The fourth-order valence-electron chi connectivity index (χ4n) is 9.44. The van der Waals surface area contributed by atoms with Crippen LogP contribution in [-0.4, -0.2) is 90.3 Å². The molecular formula is C68H66N6O12S3. The molecule has 6 amide bonds. The summed E-state index contributed by atoms with van der Waals surface area (Å²) in [6.45, 7) is 7.71. The van der Waals surface area contributed by atoms with Crippen LogP contribution in [0, 0.1) is 0 Å². The number of amides is 6. The third-order valence-electron chi connectivity index (χ3n) is 14.5. The van der Waals surface area contributed by atoms with Gasteiger partial charge in [0, 0.05) is 84.2 Å². The minimum Gasteiger partial charge on any atom is -0.426 e. The van der Waals surface area contributed by atoms with E-state index in [0.29, 0.717) is 82.6 Å². The van der Waals surface area contributed by atoms with Crippen molar-refractivity contribution in [2.75, 3.05) is 34.5 Å². The van der Waals surface area contributed by atoms with E-state index in [9.17, 15) is 46.8 Å². The molecule has 0 saturated carbocycles. The number of hydrogen-bond acceptors (Lipinski definition) is 14. The monoisotopic (exact) mass is 1250 g/mol. The van der Waals surface area contributed by atoms with Crippen LogP contribution in [0.2, 0.25) is 0 Å². The van der Waals surface area contributed by atoms with Gasteiger partial charge in [-0.1, -0.05) is 106 Å². The minimum absolute atomic E-state index is 0.0283. The molecule has 0 saturated heterocycles. The van der Waals surface area contributed by atoms with Crippen LogP contribution >= 0.6 is 23.5 Å². The van der Waals surface area contributed by atoms with Crippen LogP contribution in [-0.2, 0) is 64.1 Å². The van der Waals surface area contributed by atoms with Gasteiger partial charge in [0.05, 0.1) is 23.0 Å². The lowest BCUT2D eigenvalue weighted by atomic mass is 9.85. The van der Waals surface area contributed by atoms with Crippen molar-refractivity contribution >= 4 is 80.7 Å². The number of rotatable bonds is 0. The Balaban J connectivity index is 0.000000216. The van der Waals surface area contributed by atoms with Crippen LogP contribution in [0.15, 0.2) is 175 Å². The third kappa shape index (κ3) is 18.9. The maximum atomic E-state index is 13.3. The summed E-state index contributed by atoms with van der Waals surface area (Å²) in [5.74, 6) is -1.40. The molecule has 9 aliphatic heterocycles. The van der Waals surface area contributed by atoms with Crippen LogP contribution in [0.3, 0.4) is 0 Å². The van der Waals surface area contributed by atoms with Gasteiger partial charge < -0.3 is 41.4 Å².